The molecule has 0 saturated carbocycles. The van der Waals surface area contributed by atoms with Crippen LogP contribution in [0.5, 0.6) is 0 Å². The van der Waals surface area contributed by atoms with Crippen LogP contribution in [0.25, 0.3) is 0 Å². The number of carbonyl (C=O) groups is 1. The normalized spacial score (nSPS) is 7.15. The smallest absolute Gasteiger partial charge is 0.126 e. The summed E-state index contributed by atoms with van der Waals surface area (Å²) in [5, 5.41) is 0.794. The maximum Gasteiger partial charge on any atom is 0.126 e. The highest BCUT2D eigenvalue weighted by Gasteiger charge is 1.74. The molecule has 0 fully saturated rings. The summed E-state index contributed by atoms with van der Waals surface area (Å²) in [6, 6.07) is 9.44. The second-order valence-electron chi connectivity index (χ2n) is 2.20. The van der Waals surface area contributed by atoms with Gasteiger partial charge in [-0.15, -0.1) is 0 Å². The van der Waals surface area contributed by atoms with Gasteiger partial charge in [-0.05, 0) is 26.0 Å². The number of halogens is 1. The molecule has 0 unspecified atom stereocenters. The molecule has 0 aliphatic heterocycles. The molecular weight excluding hydrogens is 184 g/mol. The van der Waals surface area contributed by atoms with Crippen LogP contribution >= 0.6 is 11.6 Å². The highest BCUT2D eigenvalue weighted by atomic mass is 35.5. The molecule has 0 amide bonds. The number of Topliss-reactive ketones (excluding diaryl/α,β-unsaturated/α-hetero) is 1. The van der Waals surface area contributed by atoms with Crippen molar-refractivity contribution in [3.05, 3.63) is 35.4 Å². The Kier molecular flexibility index (Phi) is 12.6. The zero-order valence-corrected chi connectivity index (χ0v) is 9.43. The van der Waals surface area contributed by atoms with E-state index in [4.69, 9.17) is 11.6 Å². The van der Waals surface area contributed by atoms with Crippen LogP contribution in [0.15, 0.2) is 30.3 Å². The van der Waals surface area contributed by atoms with Crippen LogP contribution in [0.3, 0.4) is 0 Å². The molecule has 0 aromatic heterocycles. The Labute approximate surface area is 85.7 Å². The van der Waals surface area contributed by atoms with E-state index in [1.54, 1.807) is 0 Å². The fourth-order valence-electron chi connectivity index (χ4n) is 0.415. The van der Waals surface area contributed by atoms with Crippen LogP contribution in [0, 0.1) is 0 Å². The summed E-state index contributed by atoms with van der Waals surface area (Å²) in [5.74, 6) is 0.167. The van der Waals surface area contributed by atoms with Crippen LogP contribution in [0.4, 0.5) is 0 Å². The van der Waals surface area contributed by atoms with Crippen LogP contribution in [0.2, 0.25) is 5.02 Å². The van der Waals surface area contributed by atoms with Crippen molar-refractivity contribution < 1.29 is 4.79 Å². The van der Waals surface area contributed by atoms with E-state index < -0.39 is 0 Å². The molecule has 0 bridgehead atoms. The topological polar surface area (TPSA) is 17.1 Å². The maximum atomic E-state index is 9.44. The van der Waals surface area contributed by atoms with Gasteiger partial charge in [-0.25, -0.2) is 0 Å². The van der Waals surface area contributed by atoms with Gasteiger partial charge >= 0.3 is 0 Å². The van der Waals surface area contributed by atoms with Gasteiger partial charge in [0.2, 0.25) is 0 Å². The van der Waals surface area contributed by atoms with Crippen molar-refractivity contribution >= 4 is 17.4 Å². The van der Waals surface area contributed by atoms with E-state index in [2.05, 4.69) is 0 Å². The van der Waals surface area contributed by atoms with Gasteiger partial charge in [0, 0.05) is 5.02 Å². The monoisotopic (exact) mass is 200 g/mol. The molecule has 0 aliphatic carbocycles. The first-order valence-corrected chi connectivity index (χ1v) is 4.68. The van der Waals surface area contributed by atoms with Gasteiger partial charge < -0.3 is 4.79 Å². The molecule has 13 heavy (non-hydrogen) atoms. The minimum absolute atomic E-state index is 0.167. The van der Waals surface area contributed by atoms with Gasteiger partial charge in [0.25, 0.3) is 0 Å². The molecule has 0 saturated heterocycles. The predicted octanol–water partition coefficient (Wildman–Crippen LogP) is 3.96. The third kappa shape index (κ3) is 18.3. The Morgan fingerprint density at radius 2 is 1.38 bits per heavy atom. The first-order valence-electron chi connectivity index (χ1n) is 4.30. The summed E-state index contributed by atoms with van der Waals surface area (Å²) >= 11 is 5.54. The molecule has 1 nitrogen and oxygen atoms in total. The quantitative estimate of drug-likeness (QED) is 0.620. The molecule has 1 aromatic rings. The Bertz CT molecular complexity index is 203. The van der Waals surface area contributed by atoms with Crippen LogP contribution < -0.4 is 0 Å². The zero-order valence-electron chi connectivity index (χ0n) is 8.67. The summed E-state index contributed by atoms with van der Waals surface area (Å²) in [5.41, 5.74) is 0. The number of ketones is 1. The van der Waals surface area contributed by atoms with E-state index in [1.807, 2.05) is 44.2 Å². The summed E-state index contributed by atoms with van der Waals surface area (Å²) in [4.78, 5) is 9.44. The van der Waals surface area contributed by atoms with Crippen LogP contribution in [0.1, 0.15) is 27.7 Å². The molecule has 0 N–H and O–H groups in total. The first kappa shape index (κ1) is 14.7. The van der Waals surface area contributed by atoms with E-state index in [9.17, 15) is 4.79 Å². The Hall–Kier alpha value is -0.820. The molecule has 0 heterocycles. The summed E-state index contributed by atoms with van der Waals surface area (Å²) in [6.07, 6.45) is 0. The largest absolute Gasteiger partial charge is 0.300 e. The van der Waals surface area contributed by atoms with Crippen molar-refractivity contribution in [3.63, 3.8) is 0 Å². The second kappa shape index (κ2) is 11.2. The van der Waals surface area contributed by atoms with Gasteiger partial charge in [0.05, 0.1) is 0 Å². The van der Waals surface area contributed by atoms with Crippen molar-refractivity contribution in [1.29, 1.82) is 0 Å². The van der Waals surface area contributed by atoms with E-state index in [-0.39, 0.29) is 5.78 Å². The lowest BCUT2D eigenvalue weighted by molar-refractivity contribution is -0.114. The van der Waals surface area contributed by atoms with Crippen molar-refractivity contribution in [2.45, 2.75) is 27.7 Å². The number of carbonyl (C=O) groups excluding carboxylic acids is 1. The van der Waals surface area contributed by atoms with Crippen molar-refractivity contribution in [2.75, 3.05) is 0 Å². The number of benzene rings is 1. The second-order valence-corrected chi connectivity index (χ2v) is 2.64. The van der Waals surface area contributed by atoms with E-state index in [1.165, 1.54) is 13.8 Å². The van der Waals surface area contributed by atoms with E-state index in [0.29, 0.717) is 0 Å². The lowest BCUT2D eigenvalue weighted by Crippen LogP contribution is -1.69. The van der Waals surface area contributed by atoms with Gasteiger partial charge in [-0.3, -0.25) is 0 Å². The number of hydrogen-bond donors (Lipinski definition) is 0. The lowest BCUT2D eigenvalue weighted by Gasteiger charge is -1.80. The van der Waals surface area contributed by atoms with Gasteiger partial charge in [-0.1, -0.05) is 43.6 Å². The minimum atomic E-state index is 0.167. The minimum Gasteiger partial charge on any atom is -0.300 e. The summed E-state index contributed by atoms with van der Waals surface area (Å²) in [6.45, 7) is 7.06. The molecule has 0 aliphatic rings. The van der Waals surface area contributed by atoms with Gasteiger partial charge in [0.1, 0.15) is 5.78 Å². The van der Waals surface area contributed by atoms with Crippen molar-refractivity contribution in [2.24, 2.45) is 0 Å². The highest BCUT2D eigenvalue weighted by molar-refractivity contribution is 6.30. The first-order chi connectivity index (χ1) is 6.13. The number of rotatable bonds is 0. The molecule has 2 heteroatoms. The zero-order chi connectivity index (χ0) is 10.7. The molecule has 1 rings (SSSR count). The Morgan fingerprint density at radius 1 is 1.08 bits per heavy atom. The lowest BCUT2D eigenvalue weighted by atomic mass is 10.4. The average Bonchev–Trinajstić information content (AvgIpc) is 2.08. The van der Waals surface area contributed by atoms with E-state index in [0.717, 1.165) is 5.02 Å². The Morgan fingerprint density at radius 3 is 1.54 bits per heavy atom. The maximum absolute atomic E-state index is 9.44. The van der Waals surface area contributed by atoms with Crippen LogP contribution in [-0.4, -0.2) is 5.78 Å². The van der Waals surface area contributed by atoms with Gasteiger partial charge in [0.15, 0.2) is 0 Å². The van der Waals surface area contributed by atoms with Gasteiger partial charge in [-0.2, -0.15) is 0 Å². The van der Waals surface area contributed by atoms with Crippen LogP contribution in [-0.2, 0) is 4.79 Å². The number of hydrogen-bond acceptors (Lipinski definition) is 1. The molecule has 0 radical (unpaired) electrons. The molecule has 0 atom stereocenters. The average molecular weight is 201 g/mol. The SMILES string of the molecule is CC.CC(C)=O.Clc1ccccc1. The molecular formula is C11H17ClO. The highest BCUT2D eigenvalue weighted by Crippen LogP contribution is 2.03. The standard InChI is InChI=1S/C6H5Cl.C3H6O.C2H6/c7-6-4-2-1-3-5-6;1-3(2)4;1-2/h1-5H;1-2H3;1-2H3. The predicted molar refractivity (Wildman–Crippen MR) is 59.2 cm³/mol. The summed E-state index contributed by atoms with van der Waals surface area (Å²) < 4.78 is 0. The molecule has 74 valence electrons. The van der Waals surface area contributed by atoms with Crippen molar-refractivity contribution in [1.82, 2.24) is 0 Å². The van der Waals surface area contributed by atoms with Crippen molar-refractivity contribution in [3.8, 4) is 0 Å². The molecule has 1 aromatic carbocycles. The third-order valence-corrected chi connectivity index (χ3v) is 0.985. The molecule has 0 spiro atoms. The summed E-state index contributed by atoms with van der Waals surface area (Å²) in [7, 11) is 0. The third-order valence-electron chi connectivity index (χ3n) is 0.733. The Balaban J connectivity index is 0. The fourth-order valence-corrected chi connectivity index (χ4v) is 0.560. The van der Waals surface area contributed by atoms with E-state index >= 15 is 0 Å². The fraction of sp³-hybridized carbons (Fsp3) is 0.364.